The van der Waals surface area contributed by atoms with Gasteiger partial charge in [0, 0.05) is 23.9 Å². The summed E-state index contributed by atoms with van der Waals surface area (Å²) in [6, 6.07) is 19.9. The van der Waals surface area contributed by atoms with Gasteiger partial charge in [-0.05, 0) is 66.9 Å². The molecule has 0 atom stereocenters. The number of benzene rings is 3. The van der Waals surface area contributed by atoms with Crippen LogP contribution in [0.5, 0.6) is 0 Å². The normalized spacial score (nSPS) is 15.3. The number of rotatable bonds is 3. The van der Waals surface area contributed by atoms with Gasteiger partial charge in [0.1, 0.15) is 0 Å². The van der Waals surface area contributed by atoms with Gasteiger partial charge in [0.25, 0.3) is 5.91 Å². The van der Waals surface area contributed by atoms with Crippen LogP contribution in [0.1, 0.15) is 42.3 Å². The summed E-state index contributed by atoms with van der Waals surface area (Å²) in [5.74, 6) is -0.220. The molecule has 0 bridgehead atoms. The van der Waals surface area contributed by atoms with E-state index in [1.807, 2.05) is 48.5 Å². The van der Waals surface area contributed by atoms with E-state index in [4.69, 9.17) is 0 Å². The maximum atomic E-state index is 12.4. The molecule has 0 fully saturated rings. The summed E-state index contributed by atoms with van der Waals surface area (Å²) < 4.78 is 0. The van der Waals surface area contributed by atoms with E-state index in [-0.39, 0.29) is 11.4 Å². The lowest BCUT2D eigenvalue weighted by Gasteiger charge is -2.40. The molecule has 29 heavy (non-hydrogen) atoms. The van der Waals surface area contributed by atoms with Crippen LogP contribution < -0.4 is 10.3 Å². The molecule has 0 radical (unpaired) electrons. The molecule has 3 aromatic carbocycles. The Morgan fingerprint density at radius 1 is 1.03 bits per heavy atom. The quantitative estimate of drug-likeness (QED) is 0.497. The van der Waals surface area contributed by atoms with Gasteiger partial charge in [-0.25, -0.2) is 5.43 Å². The van der Waals surface area contributed by atoms with Crippen molar-refractivity contribution in [2.45, 2.75) is 26.3 Å². The fraction of sp³-hybridized carbons (Fsp3) is 0.200. The molecule has 1 amide bonds. The molecule has 0 aliphatic carbocycles. The smallest absolute Gasteiger partial charge is 0.271 e. The van der Waals surface area contributed by atoms with Crippen LogP contribution in [0, 0.1) is 0 Å². The number of hydrogen-bond acceptors (Lipinski definition) is 3. The Kier molecular flexibility index (Phi) is 4.71. The maximum absolute atomic E-state index is 12.4. The zero-order valence-electron chi connectivity index (χ0n) is 17.2. The summed E-state index contributed by atoms with van der Waals surface area (Å²) in [5, 5.41) is 6.31. The van der Waals surface area contributed by atoms with Crippen LogP contribution in [0.15, 0.2) is 71.8 Å². The number of nitrogens with one attached hydrogen (secondary N) is 1. The van der Waals surface area contributed by atoms with Crippen molar-refractivity contribution in [3.63, 3.8) is 0 Å². The number of likely N-dealkylation sites (N-methyl/N-ethyl adjacent to an activating group) is 1. The molecule has 0 spiro atoms. The predicted molar refractivity (Wildman–Crippen MR) is 122 cm³/mol. The van der Waals surface area contributed by atoms with Gasteiger partial charge in [0.15, 0.2) is 0 Å². The lowest BCUT2D eigenvalue weighted by molar-refractivity contribution is 0.0955. The molecule has 0 aromatic heterocycles. The third-order valence-corrected chi connectivity index (χ3v) is 5.63. The van der Waals surface area contributed by atoms with Gasteiger partial charge in [-0.1, -0.05) is 42.5 Å². The van der Waals surface area contributed by atoms with E-state index in [0.29, 0.717) is 5.56 Å². The summed E-state index contributed by atoms with van der Waals surface area (Å²) in [7, 11) is 2.11. The number of nitrogens with zero attached hydrogens (tertiary/aromatic N) is 2. The second-order valence-electron chi connectivity index (χ2n) is 8.08. The number of carbonyl (C=O) groups is 1. The lowest BCUT2D eigenvalue weighted by atomic mass is 9.89. The van der Waals surface area contributed by atoms with Crippen molar-refractivity contribution in [2.24, 2.45) is 5.10 Å². The molecule has 1 heterocycles. The van der Waals surface area contributed by atoms with E-state index in [1.165, 1.54) is 16.8 Å². The van der Waals surface area contributed by atoms with E-state index in [1.54, 1.807) is 6.21 Å². The standard InChI is InChI=1S/C25H25N3O/c1-17-15-25(2,3)28(4)23-12-9-18(13-22(17)23)16-26-27-24(29)21-11-10-19-7-5-6-8-20(19)14-21/h5-16H,1-4H3,(H,27,29)/b26-16-. The first-order valence-electron chi connectivity index (χ1n) is 9.75. The molecule has 1 N–H and O–H groups in total. The summed E-state index contributed by atoms with van der Waals surface area (Å²) in [4.78, 5) is 14.7. The van der Waals surface area contributed by atoms with Crippen molar-refractivity contribution in [2.75, 3.05) is 11.9 Å². The third-order valence-electron chi connectivity index (χ3n) is 5.63. The molecule has 4 heteroatoms. The Bertz CT molecular complexity index is 1160. The Morgan fingerprint density at radius 2 is 1.79 bits per heavy atom. The molecule has 4 nitrogen and oxygen atoms in total. The summed E-state index contributed by atoms with van der Waals surface area (Å²) in [6.07, 6.45) is 3.96. The molecular weight excluding hydrogens is 358 g/mol. The maximum Gasteiger partial charge on any atom is 0.271 e. The van der Waals surface area contributed by atoms with Gasteiger partial charge >= 0.3 is 0 Å². The van der Waals surface area contributed by atoms with Crippen LogP contribution in [-0.4, -0.2) is 24.7 Å². The fourth-order valence-corrected chi connectivity index (χ4v) is 3.82. The van der Waals surface area contributed by atoms with Crippen molar-refractivity contribution >= 4 is 34.2 Å². The monoisotopic (exact) mass is 383 g/mol. The zero-order chi connectivity index (χ0) is 20.6. The van der Waals surface area contributed by atoms with Crippen LogP contribution in [0.25, 0.3) is 16.3 Å². The number of amides is 1. The van der Waals surface area contributed by atoms with Crippen molar-refractivity contribution in [3.05, 3.63) is 83.4 Å². The first kappa shape index (κ1) is 18.9. The van der Waals surface area contributed by atoms with Gasteiger partial charge in [-0.15, -0.1) is 0 Å². The van der Waals surface area contributed by atoms with Gasteiger partial charge in [-0.2, -0.15) is 5.10 Å². The second kappa shape index (κ2) is 7.21. The Morgan fingerprint density at radius 3 is 2.59 bits per heavy atom. The molecule has 1 aliphatic heterocycles. The molecule has 3 aromatic rings. The summed E-state index contributed by atoms with van der Waals surface area (Å²) >= 11 is 0. The molecule has 0 saturated carbocycles. The number of hydrogen-bond donors (Lipinski definition) is 1. The SMILES string of the molecule is CC1=CC(C)(C)N(C)c2ccc(/C=N\NC(=O)c3ccc4ccccc4c3)cc21. The van der Waals surface area contributed by atoms with Crippen molar-refractivity contribution in [1.82, 2.24) is 5.43 Å². The van der Waals surface area contributed by atoms with E-state index >= 15 is 0 Å². The van der Waals surface area contributed by atoms with Crippen LogP contribution in [0.4, 0.5) is 5.69 Å². The minimum Gasteiger partial charge on any atom is -0.366 e. The zero-order valence-corrected chi connectivity index (χ0v) is 17.2. The molecular formula is C25H25N3O. The van der Waals surface area contributed by atoms with Crippen LogP contribution in [0.2, 0.25) is 0 Å². The highest BCUT2D eigenvalue weighted by atomic mass is 16.2. The molecule has 4 rings (SSSR count). The van der Waals surface area contributed by atoms with Gasteiger partial charge in [0.05, 0.1) is 11.8 Å². The van der Waals surface area contributed by atoms with Gasteiger partial charge in [0.2, 0.25) is 0 Å². The van der Waals surface area contributed by atoms with E-state index in [2.05, 4.69) is 61.5 Å². The Hall–Kier alpha value is -3.40. The molecule has 146 valence electrons. The van der Waals surface area contributed by atoms with Crippen LogP contribution >= 0.6 is 0 Å². The minimum atomic E-state index is -0.220. The topological polar surface area (TPSA) is 44.7 Å². The van der Waals surface area contributed by atoms with E-state index in [0.717, 1.165) is 16.3 Å². The number of carbonyl (C=O) groups excluding carboxylic acids is 1. The van der Waals surface area contributed by atoms with Crippen LogP contribution in [-0.2, 0) is 0 Å². The Balaban J connectivity index is 1.51. The largest absolute Gasteiger partial charge is 0.366 e. The summed E-state index contributed by atoms with van der Waals surface area (Å²) in [6.45, 7) is 6.55. The van der Waals surface area contributed by atoms with Crippen molar-refractivity contribution in [1.29, 1.82) is 0 Å². The second-order valence-corrected chi connectivity index (χ2v) is 8.08. The first-order chi connectivity index (χ1) is 13.8. The average Bonchev–Trinajstić information content (AvgIpc) is 2.71. The molecule has 0 saturated heterocycles. The summed E-state index contributed by atoms with van der Waals surface area (Å²) in [5.41, 5.74) is 7.80. The average molecular weight is 383 g/mol. The van der Waals surface area contributed by atoms with Crippen molar-refractivity contribution in [3.8, 4) is 0 Å². The number of allylic oxidation sites excluding steroid dienone is 1. The number of anilines is 1. The first-order valence-corrected chi connectivity index (χ1v) is 9.75. The molecule has 1 aliphatic rings. The highest BCUT2D eigenvalue weighted by Crippen LogP contribution is 2.37. The third kappa shape index (κ3) is 3.66. The molecule has 0 unspecified atom stereocenters. The van der Waals surface area contributed by atoms with Gasteiger partial charge in [-0.3, -0.25) is 4.79 Å². The van der Waals surface area contributed by atoms with E-state index < -0.39 is 0 Å². The highest BCUT2D eigenvalue weighted by Gasteiger charge is 2.28. The Labute approximate surface area is 171 Å². The van der Waals surface area contributed by atoms with Gasteiger partial charge < -0.3 is 4.90 Å². The number of hydrazone groups is 1. The minimum absolute atomic E-state index is 0.0134. The number of fused-ring (bicyclic) bond motifs is 2. The fourth-order valence-electron chi connectivity index (χ4n) is 3.82. The van der Waals surface area contributed by atoms with Crippen LogP contribution in [0.3, 0.4) is 0 Å². The predicted octanol–water partition coefficient (Wildman–Crippen LogP) is 5.24. The van der Waals surface area contributed by atoms with E-state index in [9.17, 15) is 4.79 Å². The lowest BCUT2D eigenvalue weighted by Crippen LogP contribution is -2.42. The van der Waals surface area contributed by atoms with Crippen molar-refractivity contribution < 1.29 is 4.79 Å². The highest BCUT2D eigenvalue weighted by molar-refractivity contribution is 5.99.